The number of rotatable bonds is 5. The highest BCUT2D eigenvalue weighted by molar-refractivity contribution is 6.05. The fourth-order valence-corrected chi connectivity index (χ4v) is 4.73. The molecule has 0 atom stereocenters. The van der Waals surface area contributed by atoms with Gasteiger partial charge in [-0.25, -0.2) is 4.79 Å². The average molecular weight is 450 g/mol. The molecule has 8 nitrogen and oxygen atoms in total. The normalized spacial score (nSPS) is 12.2. The van der Waals surface area contributed by atoms with Crippen LogP contribution in [-0.4, -0.2) is 34.3 Å². The standard InChI is InChI=1S/C25H26N2O6/c1-6-33-25(29)22-21(17-9-13(2)24(28)14(3)10-17)15(4)26-8-7-16-11-20(32-5)19(27(30)31)12-18(16)23(22)26/h9-12,28H,6-8H2,1-5H3. The van der Waals surface area contributed by atoms with E-state index in [2.05, 4.69) is 0 Å². The Balaban J connectivity index is 2.08. The van der Waals surface area contributed by atoms with Crippen LogP contribution in [0.25, 0.3) is 22.4 Å². The smallest absolute Gasteiger partial charge is 0.340 e. The lowest BCUT2D eigenvalue weighted by molar-refractivity contribution is -0.385. The van der Waals surface area contributed by atoms with Crippen LogP contribution in [0, 0.1) is 30.9 Å². The van der Waals surface area contributed by atoms with Crippen molar-refractivity contribution in [2.24, 2.45) is 0 Å². The maximum atomic E-state index is 13.3. The number of fused-ring (bicyclic) bond motifs is 3. The SMILES string of the molecule is CCOC(=O)c1c(-c2cc(C)c(O)c(C)c2)c(C)n2c1-c1cc([N+](=O)[O-])c(OC)cc1CC2. The van der Waals surface area contributed by atoms with Crippen molar-refractivity contribution in [2.45, 2.75) is 40.7 Å². The zero-order valence-corrected chi connectivity index (χ0v) is 19.3. The van der Waals surface area contributed by atoms with Crippen molar-refractivity contribution in [3.05, 3.63) is 62.3 Å². The number of phenols is 1. The first kappa shape index (κ1) is 22.4. The molecule has 0 spiro atoms. The third-order valence-electron chi connectivity index (χ3n) is 6.24. The van der Waals surface area contributed by atoms with Gasteiger partial charge in [-0.15, -0.1) is 0 Å². The number of ether oxygens (including phenoxy) is 2. The predicted molar refractivity (Wildman–Crippen MR) is 124 cm³/mol. The van der Waals surface area contributed by atoms with Gasteiger partial charge >= 0.3 is 11.7 Å². The monoisotopic (exact) mass is 450 g/mol. The minimum atomic E-state index is -0.487. The Hall–Kier alpha value is -3.81. The van der Waals surface area contributed by atoms with Gasteiger partial charge in [-0.1, -0.05) is 0 Å². The summed E-state index contributed by atoms with van der Waals surface area (Å²) in [7, 11) is 1.40. The van der Waals surface area contributed by atoms with Crippen molar-refractivity contribution in [2.75, 3.05) is 13.7 Å². The van der Waals surface area contributed by atoms with E-state index in [1.807, 2.05) is 37.5 Å². The van der Waals surface area contributed by atoms with Crippen LogP contribution in [0.3, 0.4) is 0 Å². The summed E-state index contributed by atoms with van der Waals surface area (Å²) < 4.78 is 12.7. The molecule has 8 heteroatoms. The molecule has 2 heterocycles. The van der Waals surface area contributed by atoms with Crippen molar-refractivity contribution in [3.8, 4) is 33.9 Å². The number of aryl methyl sites for hydroxylation is 3. The second kappa shape index (κ2) is 8.27. The number of hydrogen-bond acceptors (Lipinski definition) is 6. The second-order valence-electron chi connectivity index (χ2n) is 8.20. The average Bonchev–Trinajstić information content (AvgIpc) is 3.09. The summed E-state index contributed by atoms with van der Waals surface area (Å²) in [5, 5.41) is 22.0. The first-order valence-corrected chi connectivity index (χ1v) is 10.8. The van der Waals surface area contributed by atoms with Crippen molar-refractivity contribution in [3.63, 3.8) is 0 Å². The third kappa shape index (κ3) is 3.51. The Morgan fingerprint density at radius 1 is 1.18 bits per heavy atom. The Labute approximate surface area is 191 Å². The number of phenolic OH excluding ortho intramolecular Hbond substituents is 1. The van der Waals surface area contributed by atoms with Gasteiger partial charge in [0.05, 0.1) is 29.9 Å². The van der Waals surface area contributed by atoms with Crippen LogP contribution in [0.5, 0.6) is 11.5 Å². The molecular formula is C25H26N2O6. The van der Waals surface area contributed by atoms with Gasteiger partial charge in [-0.3, -0.25) is 10.1 Å². The minimum absolute atomic E-state index is 0.156. The van der Waals surface area contributed by atoms with Crippen LogP contribution in [0.1, 0.15) is 39.7 Å². The summed E-state index contributed by atoms with van der Waals surface area (Å²) in [6.45, 7) is 8.11. The molecular weight excluding hydrogens is 424 g/mol. The molecule has 0 fully saturated rings. The van der Waals surface area contributed by atoms with Crippen molar-refractivity contribution in [1.29, 1.82) is 0 Å². The zero-order chi connectivity index (χ0) is 24.0. The molecule has 0 bridgehead atoms. The van der Waals surface area contributed by atoms with E-state index >= 15 is 0 Å². The predicted octanol–water partition coefficient (Wildman–Crippen LogP) is 5.10. The van der Waals surface area contributed by atoms with Gasteiger partial charge in [-0.05, 0) is 74.6 Å². The van der Waals surface area contributed by atoms with Crippen LogP contribution >= 0.6 is 0 Å². The maximum Gasteiger partial charge on any atom is 0.340 e. The Kier molecular flexibility index (Phi) is 5.61. The van der Waals surface area contributed by atoms with E-state index in [0.29, 0.717) is 46.5 Å². The largest absolute Gasteiger partial charge is 0.507 e. The molecule has 1 aliphatic rings. The minimum Gasteiger partial charge on any atom is -0.507 e. The van der Waals surface area contributed by atoms with E-state index in [1.165, 1.54) is 13.2 Å². The summed E-state index contributed by atoms with van der Waals surface area (Å²) in [6.07, 6.45) is 0.640. The number of aromatic hydroxyl groups is 1. The lowest BCUT2D eigenvalue weighted by atomic mass is 9.92. The highest BCUT2D eigenvalue weighted by atomic mass is 16.6. The molecule has 0 radical (unpaired) electrons. The van der Waals surface area contributed by atoms with E-state index in [0.717, 1.165) is 16.8 Å². The van der Waals surface area contributed by atoms with Gasteiger partial charge in [0.1, 0.15) is 5.75 Å². The van der Waals surface area contributed by atoms with Gasteiger partial charge < -0.3 is 19.1 Å². The van der Waals surface area contributed by atoms with Crippen LogP contribution in [0.2, 0.25) is 0 Å². The molecule has 4 rings (SSSR count). The molecule has 3 aromatic rings. The Morgan fingerprint density at radius 3 is 2.42 bits per heavy atom. The molecule has 0 unspecified atom stereocenters. The maximum absolute atomic E-state index is 13.3. The lowest BCUT2D eigenvalue weighted by Gasteiger charge is -2.22. The van der Waals surface area contributed by atoms with Crippen molar-refractivity contribution >= 4 is 11.7 Å². The van der Waals surface area contributed by atoms with E-state index in [-0.39, 0.29) is 23.8 Å². The van der Waals surface area contributed by atoms with Gasteiger partial charge in [0.2, 0.25) is 0 Å². The molecule has 1 aliphatic heterocycles. The first-order valence-electron chi connectivity index (χ1n) is 10.8. The number of nitro benzene ring substituents is 1. The number of methoxy groups -OCH3 is 1. The topological polar surface area (TPSA) is 104 Å². The van der Waals surface area contributed by atoms with Crippen LogP contribution in [-0.2, 0) is 17.7 Å². The molecule has 1 N–H and O–H groups in total. The highest BCUT2D eigenvalue weighted by Gasteiger charge is 2.33. The van der Waals surface area contributed by atoms with Gasteiger partial charge in [0, 0.05) is 29.4 Å². The number of benzene rings is 2. The number of hydrogen-bond donors (Lipinski definition) is 1. The Morgan fingerprint density at radius 2 is 1.85 bits per heavy atom. The quantitative estimate of drug-likeness (QED) is 0.329. The second-order valence-corrected chi connectivity index (χ2v) is 8.20. The van der Waals surface area contributed by atoms with E-state index in [1.54, 1.807) is 13.0 Å². The number of nitro groups is 1. The van der Waals surface area contributed by atoms with E-state index in [9.17, 15) is 20.0 Å². The molecule has 0 saturated heterocycles. The van der Waals surface area contributed by atoms with Gasteiger partial charge in [-0.2, -0.15) is 0 Å². The van der Waals surface area contributed by atoms with Gasteiger partial charge in [0.15, 0.2) is 5.75 Å². The molecule has 2 aromatic carbocycles. The number of aromatic nitrogens is 1. The number of carbonyl (C=O) groups excluding carboxylic acids is 1. The van der Waals surface area contributed by atoms with Crippen molar-refractivity contribution < 1.29 is 24.3 Å². The number of carbonyl (C=O) groups is 1. The number of esters is 1. The molecule has 172 valence electrons. The molecule has 0 amide bonds. The van der Waals surface area contributed by atoms with E-state index < -0.39 is 10.9 Å². The number of nitrogens with zero attached hydrogens (tertiary/aromatic N) is 2. The van der Waals surface area contributed by atoms with Crippen LogP contribution in [0.15, 0.2) is 24.3 Å². The van der Waals surface area contributed by atoms with E-state index in [4.69, 9.17) is 9.47 Å². The molecule has 33 heavy (non-hydrogen) atoms. The van der Waals surface area contributed by atoms with Gasteiger partial charge in [0.25, 0.3) is 0 Å². The molecule has 1 aromatic heterocycles. The lowest BCUT2D eigenvalue weighted by Crippen LogP contribution is -2.15. The molecule has 0 saturated carbocycles. The van der Waals surface area contributed by atoms with Crippen LogP contribution in [0.4, 0.5) is 5.69 Å². The third-order valence-corrected chi connectivity index (χ3v) is 6.24. The fourth-order valence-electron chi connectivity index (χ4n) is 4.73. The highest BCUT2D eigenvalue weighted by Crippen LogP contribution is 2.46. The summed E-state index contributed by atoms with van der Waals surface area (Å²) >= 11 is 0. The first-order chi connectivity index (χ1) is 15.7. The zero-order valence-electron chi connectivity index (χ0n) is 19.3. The van der Waals surface area contributed by atoms with Crippen molar-refractivity contribution in [1.82, 2.24) is 4.57 Å². The van der Waals surface area contributed by atoms with Crippen LogP contribution < -0.4 is 4.74 Å². The summed E-state index contributed by atoms with van der Waals surface area (Å²) in [5.74, 6) is -0.0802. The fraction of sp³-hybridized carbons (Fsp3) is 0.320. The Bertz CT molecular complexity index is 1280. The summed E-state index contributed by atoms with van der Waals surface area (Å²) in [6, 6.07) is 6.86. The summed E-state index contributed by atoms with van der Waals surface area (Å²) in [4.78, 5) is 24.5. The molecule has 0 aliphatic carbocycles. The summed E-state index contributed by atoms with van der Waals surface area (Å²) in [5.41, 5.74) is 6.08.